The summed E-state index contributed by atoms with van der Waals surface area (Å²) in [5, 5.41) is 3.49. The Morgan fingerprint density at radius 2 is 1.29 bits per heavy atom. The van der Waals surface area contributed by atoms with Crippen molar-refractivity contribution in [1.82, 2.24) is 5.32 Å². The topological polar surface area (TPSA) is 39.7 Å². The van der Waals surface area contributed by atoms with Crippen LogP contribution in [-0.2, 0) is 13.1 Å². The second-order valence-electron chi connectivity index (χ2n) is 6.00. The number of ether oxygens (including phenoxy) is 3. The van der Waals surface area contributed by atoms with Crippen molar-refractivity contribution in [2.45, 2.75) is 33.9 Å². The summed E-state index contributed by atoms with van der Waals surface area (Å²) in [7, 11) is 4.88. The van der Waals surface area contributed by atoms with Gasteiger partial charge < -0.3 is 19.5 Å². The van der Waals surface area contributed by atoms with Crippen LogP contribution in [0.25, 0.3) is 0 Å². The molecule has 0 aromatic heterocycles. The highest BCUT2D eigenvalue weighted by Gasteiger charge is 2.13. The van der Waals surface area contributed by atoms with Gasteiger partial charge in [0.05, 0.1) is 21.3 Å². The van der Waals surface area contributed by atoms with E-state index in [1.54, 1.807) is 21.3 Å². The van der Waals surface area contributed by atoms with E-state index in [0.717, 1.165) is 18.7 Å². The first-order valence-electron chi connectivity index (χ1n) is 8.06. The van der Waals surface area contributed by atoms with Gasteiger partial charge in [-0.25, -0.2) is 0 Å². The normalized spacial score (nSPS) is 10.6. The van der Waals surface area contributed by atoms with Crippen molar-refractivity contribution in [3.05, 3.63) is 52.1 Å². The van der Waals surface area contributed by atoms with E-state index < -0.39 is 0 Å². The highest BCUT2D eigenvalue weighted by atomic mass is 16.5. The van der Waals surface area contributed by atoms with Crippen molar-refractivity contribution in [2.75, 3.05) is 21.3 Å². The maximum atomic E-state index is 5.40. The van der Waals surface area contributed by atoms with Gasteiger partial charge in [0.1, 0.15) is 0 Å². The van der Waals surface area contributed by atoms with E-state index in [-0.39, 0.29) is 0 Å². The van der Waals surface area contributed by atoms with E-state index in [1.165, 1.54) is 22.3 Å². The Kier molecular flexibility index (Phi) is 6.10. The number of rotatable bonds is 7. The van der Waals surface area contributed by atoms with E-state index in [4.69, 9.17) is 14.2 Å². The van der Waals surface area contributed by atoms with Crippen molar-refractivity contribution in [2.24, 2.45) is 0 Å². The Morgan fingerprint density at radius 3 is 1.83 bits per heavy atom. The first-order valence-corrected chi connectivity index (χ1v) is 8.06. The lowest BCUT2D eigenvalue weighted by Crippen LogP contribution is -2.14. The summed E-state index contributed by atoms with van der Waals surface area (Å²) in [4.78, 5) is 0. The van der Waals surface area contributed by atoms with E-state index in [0.29, 0.717) is 17.2 Å². The van der Waals surface area contributed by atoms with Gasteiger partial charge >= 0.3 is 0 Å². The fourth-order valence-corrected chi connectivity index (χ4v) is 2.79. The second kappa shape index (κ2) is 8.06. The summed E-state index contributed by atoms with van der Waals surface area (Å²) in [5.74, 6) is 1.97. The van der Waals surface area contributed by atoms with Gasteiger partial charge in [-0.1, -0.05) is 12.1 Å². The average molecular weight is 329 g/mol. The molecule has 0 heterocycles. The zero-order valence-corrected chi connectivity index (χ0v) is 15.4. The summed E-state index contributed by atoms with van der Waals surface area (Å²) in [5.41, 5.74) is 6.39. The number of hydrogen-bond acceptors (Lipinski definition) is 4. The summed E-state index contributed by atoms with van der Waals surface area (Å²) < 4.78 is 16.2. The van der Waals surface area contributed by atoms with Crippen molar-refractivity contribution >= 4 is 0 Å². The van der Waals surface area contributed by atoms with Crippen LogP contribution in [0.3, 0.4) is 0 Å². The fourth-order valence-electron chi connectivity index (χ4n) is 2.79. The van der Waals surface area contributed by atoms with E-state index >= 15 is 0 Å². The summed E-state index contributed by atoms with van der Waals surface area (Å²) in [6.45, 7) is 8.00. The molecule has 24 heavy (non-hydrogen) atoms. The molecule has 0 amide bonds. The van der Waals surface area contributed by atoms with Crippen LogP contribution in [0.5, 0.6) is 17.2 Å². The molecule has 2 rings (SSSR count). The highest BCUT2D eigenvalue weighted by molar-refractivity contribution is 5.53. The lowest BCUT2D eigenvalue weighted by atomic mass is 10.0. The van der Waals surface area contributed by atoms with Gasteiger partial charge in [-0.05, 0) is 60.7 Å². The third kappa shape index (κ3) is 4.01. The zero-order chi connectivity index (χ0) is 17.7. The molecule has 0 aliphatic heterocycles. The van der Waals surface area contributed by atoms with E-state index in [9.17, 15) is 0 Å². The van der Waals surface area contributed by atoms with Crippen LogP contribution in [0, 0.1) is 20.8 Å². The third-order valence-corrected chi connectivity index (χ3v) is 4.32. The molecule has 0 spiro atoms. The lowest BCUT2D eigenvalue weighted by molar-refractivity contribution is 0.323. The molecule has 4 nitrogen and oxygen atoms in total. The molecule has 0 aliphatic rings. The van der Waals surface area contributed by atoms with Crippen molar-refractivity contribution < 1.29 is 14.2 Å². The lowest BCUT2D eigenvalue weighted by Gasteiger charge is -2.15. The van der Waals surface area contributed by atoms with Crippen LogP contribution < -0.4 is 19.5 Å². The second-order valence-corrected chi connectivity index (χ2v) is 6.00. The Balaban J connectivity index is 2.11. The maximum absolute atomic E-state index is 5.40. The maximum Gasteiger partial charge on any atom is 0.203 e. The van der Waals surface area contributed by atoms with Gasteiger partial charge in [0.15, 0.2) is 11.5 Å². The van der Waals surface area contributed by atoms with Crippen LogP contribution >= 0.6 is 0 Å². The molecule has 130 valence electrons. The molecule has 0 saturated carbocycles. The molecule has 2 aromatic rings. The highest BCUT2D eigenvalue weighted by Crippen LogP contribution is 2.38. The third-order valence-electron chi connectivity index (χ3n) is 4.32. The summed E-state index contributed by atoms with van der Waals surface area (Å²) >= 11 is 0. The molecule has 0 fully saturated rings. The van der Waals surface area contributed by atoms with Gasteiger partial charge in [0, 0.05) is 13.1 Å². The molecule has 0 radical (unpaired) electrons. The molecule has 0 unspecified atom stereocenters. The Labute approximate surface area is 144 Å². The molecule has 0 saturated heterocycles. The molecular formula is C20H27NO3. The summed E-state index contributed by atoms with van der Waals surface area (Å²) in [6.07, 6.45) is 0. The standard InChI is InChI=1S/C20H27NO3/c1-13-7-15(3)17(8-14(13)2)12-21-11-16-9-18(22-4)20(24-6)19(10-16)23-5/h7-10,21H,11-12H2,1-6H3. The van der Waals surface area contributed by atoms with Crippen LogP contribution in [0.15, 0.2) is 24.3 Å². The SMILES string of the molecule is COc1cc(CNCc2cc(C)c(C)cc2C)cc(OC)c1OC. The van der Waals surface area contributed by atoms with Crippen molar-refractivity contribution in [3.8, 4) is 17.2 Å². The Hall–Kier alpha value is -2.20. The van der Waals surface area contributed by atoms with E-state index in [2.05, 4.69) is 38.2 Å². The number of aryl methyl sites for hydroxylation is 3. The predicted octanol–water partition coefficient (Wildman–Crippen LogP) is 3.93. The molecule has 4 heteroatoms. The molecular weight excluding hydrogens is 302 g/mol. The molecule has 0 atom stereocenters. The van der Waals surface area contributed by atoms with Crippen LogP contribution in [0.1, 0.15) is 27.8 Å². The quantitative estimate of drug-likeness (QED) is 0.835. The minimum absolute atomic E-state index is 0.619. The number of hydrogen-bond donors (Lipinski definition) is 1. The van der Waals surface area contributed by atoms with E-state index in [1.807, 2.05) is 12.1 Å². The fraction of sp³-hybridized carbons (Fsp3) is 0.400. The molecule has 1 N–H and O–H groups in total. The minimum atomic E-state index is 0.619. The van der Waals surface area contributed by atoms with Gasteiger partial charge in [0.25, 0.3) is 0 Å². The van der Waals surface area contributed by atoms with Crippen LogP contribution in [0.2, 0.25) is 0 Å². The van der Waals surface area contributed by atoms with Crippen LogP contribution in [0.4, 0.5) is 0 Å². The predicted molar refractivity (Wildman–Crippen MR) is 97.3 cm³/mol. The van der Waals surface area contributed by atoms with Gasteiger partial charge in [-0.3, -0.25) is 0 Å². The molecule has 0 aliphatic carbocycles. The van der Waals surface area contributed by atoms with Crippen molar-refractivity contribution in [1.29, 1.82) is 0 Å². The Bertz CT molecular complexity index is 685. The molecule has 0 bridgehead atoms. The largest absolute Gasteiger partial charge is 0.493 e. The van der Waals surface area contributed by atoms with Gasteiger partial charge in [0.2, 0.25) is 5.75 Å². The van der Waals surface area contributed by atoms with Gasteiger partial charge in [-0.2, -0.15) is 0 Å². The first-order chi connectivity index (χ1) is 11.5. The number of nitrogens with one attached hydrogen (secondary N) is 1. The van der Waals surface area contributed by atoms with Gasteiger partial charge in [-0.15, -0.1) is 0 Å². The average Bonchev–Trinajstić information content (AvgIpc) is 2.58. The van der Waals surface area contributed by atoms with Crippen molar-refractivity contribution in [3.63, 3.8) is 0 Å². The monoisotopic (exact) mass is 329 g/mol. The smallest absolute Gasteiger partial charge is 0.203 e. The van der Waals surface area contributed by atoms with Crippen LogP contribution in [-0.4, -0.2) is 21.3 Å². The zero-order valence-electron chi connectivity index (χ0n) is 15.4. The first kappa shape index (κ1) is 18.1. The number of benzene rings is 2. The Morgan fingerprint density at radius 1 is 0.708 bits per heavy atom. The summed E-state index contributed by atoms with van der Waals surface area (Å²) in [6, 6.07) is 8.45. The molecule has 2 aromatic carbocycles. The number of methoxy groups -OCH3 is 3. The minimum Gasteiger partial charge on any atom is -0.493 e.